The highest BCUT2D eigenvalue weighted by molar-refractivity contribution is 6.05. The molecule has 0 atom stereocenters. The van der Waals surface area contributed by atoms with E-state index in [4.69, 9.17) is 15.6 Å². The number of benzene rings is 3. The predicted octanol–water partition coefficient (Wildman–Crippen LogP) is 3.17. The molecule has 0 saturated carbocycles. The maximum Gasteiger partial charge on any atom is 0.298 e. The Hall–Kier alpha value is -4.57. The number of terminal acetylenes is 1. The minimum absolute atomic E-state index is 0.0217. The molecule has 2 aliphatic rings. The van der Waals surface area contributed by atoms with Gasteiger partial charge in [-0.05, 0) is 42.5 Å². The lowest BCUT2D eigenvalue weighted by atomic mass is 9.92. The highest BCUT2D eigenvalue weighted by Crippen LogP contribution is 2.44. The fourth-order valence-electron chi connectivity index (χ4n) is 3.40. The number of rotatable bonds is 5. The predicted molar refractivity (Wildman–Crippen MR) is 114 cm³/mol. The van der Waals surface area contributed by atoms with Gasteiger partial charge in [0, 0.05) is 39.8 Å². The fraction of sp³-hybridized carbons (Fsp3) is 0.0417. The Morgan fingerprint density at radius 3 is 2.74 bits per heavy atom. The van der Waals surface area contributed by atoms with E-state index in [-0.39, 0.29) is 35.7 Å². The van der Waals surface area contributed by atoms with E-state index in [1.165, 1.54) is 36.4 Å². The van der Waals surface area contributed by atoms with Crippen molar-refractivity contribution < 1.29 is 23.8 Å². The van der Waals surface area contributed by atoms with Crippen LogP contribution in [0.2, 0.25) is 0 Å². The molecule has 0 aromatic heterocycles. The van der Waals surface area contributed by atoms with Crippen LogP contribution in [0.1, 0.15) is 10.4 Å². The van der Waals surface area contributed by atoms with Gasteiger partial charge < -0.3 is 19.6 Å². The molecule has 0 fully saturated rings. The Kier molecular flexibility index (Phi) is 5.12. The number of amides is 1. The van der Waals surface area contributed by atoms with E-state index in [0.717, 1.165) is 0 Å². The summed E-state index contributed by atoms with van der Waals surface area (Å²) in [4.78, 5) is 35.5. The van der Waals surface area contributed by atoms with Crippen molar-refractivity contribution in [1.29, 1.82) is 0 Å². The largest absolute Gasteiger partial charge is 0.508 e. The lowest BCUT2D eigenvalue weighted by Crippen LogP contribution is -2.23. The molecule has 0 unspecified atom stereocenters. The molecule has 7 heteroatoms. The van der Waals surface area contributed by atoms with Gasteiger partial charge in [-0.15, -0.1) is 6.42 Å². The van der Waals surface area contributed by atoms with Crippen LogP contribution in [0.5, 0.6) is 11.5 Å². The molecule has 152 valence electrons. The van der Waals surface area contributed by atoms with E-state index in [1.54, 1.807) is 18.2 Å². The van der Waals surface area contributed by atoms with Crippen LogP contribution in [0.25, 0.3) is 33.4 Å². The third-order valence-electron chi connectivity index (χ3n) is 4.71. The second-order valence-electron chi connectivity index (χ2n) is 6.63. The van der Waals surface area contributed by atoms with Crippen LogP contribution < -0.4 is 15.5 Å². The van der Waals surface area contributed by atoms with Crippen LogP contribution >= 0.6 is 0 Å². The highest BCUT2D eigenvalue weighted by Gasteiger charge is 2.22. The fourth-order valence-corrected chi connectivity index (χ4v) is 3.40. The number of fused-ring (bicyclic) bond motifs is 2. The quantitative estimate of drug-likeness (QED) is 0.296. The maximum absolute atomic E-state index is 12.5. The second-order valence-corrected chi connectivity index (χ2v) is 6.63. The topological polar surface area (TPSA) is 106 Å². The Morgan fingerprint density at radius 2 is 1.97 bits per heavy atom. The molecule has 0 saturated heterocycles. The van der Waals surface area contributed by atoms with Crippen LogP contribution in [-0.2, 0) is 4.79 Å². The monoisotopic (exact) mass is 413 g/mol. The van der Waals surface area contributed by atoms with Gasteiger partial charge in [0.1, 0.15) is 22.8 Å². The lowest BCUT2D eigenvalue weighted by Gasteiger charge is -2.17. The van der Waals surface area contributed by atoms with E-state index >= 15 is 0 Å². The molecule has 7 nitrogen and oxygen atoms in total. The average molecular weight is 413 g/mol. The Morgan fingerprint density at radius 1 is 1.13 bits per heavy atom. The van der Waals surface area contributed by atoms with E-state index in [1.807, 2.05) is 0 Å². The van der Waals surface area contributed by atoms with Gasteiger partial charge in [0.25, 0.3) is 12.4 Å². The first kappa shape index (κ1) is 19.7. The van der Waals surface area contributed by atoms with Crippen LogP contribution in [0.15, 0.2) is 63.8 Å². The number of phenols is 1. The first-order chi connectivity index (χ1) is 15.0. The summed E-state index contributed by atoms with van der Waals surface area (Å²) >= 11 is 0. The van der Waals surface area contributed by atoms with Gasteiger partial charge in [-0.1, -0.05) is 5.92 Å². The third-order valence-corrected chi connectivity index (χ3v) is 4.71. The zero-order valence-electron chi connectivity index (χ0n) is 16.0. The molecule has 2 N–H and O–H groups in total. The van der Waals surface area contributed by atoms with Crippen molar-refractivity contribution in [2.24, 2.45) is 0 Å². The molecular formula is C24H15NO6. The number of ether oxygens (including phenoxy) is 1. The number of carbonyl (C=O) groups excluding carboxylic acids is 2. The standard InChI is InChI=1S/C24H15NO6/c1-2-9-25-24(29)14-3-8-20(30-13-26)19(10-14)23-17-6-4-15(27)11-21(17)31-22-12-16(28)5-7-18(22)23/h1,3-8,10-13,27H,9H2,(H,25,29). The summed E-state index contributed by atoms with van der Waals surface area (Å²) in [6.45, 7) is 0.346. The zero-order valence-corrected chi connectivity index (χ0v) is 16.0. The van der Waals surface area contributed by atoms with Crippen molar-refractivity contribution in [3.8, 4) is 46.3 Å². The number of hydrogen-bond acceptors (Lipinski definition) is 6. The minimum Gasteiger partial charge on any atom is -0.508 e. The lowest BCUT2D eigenvalue weighted by molar-refractivity contribution is -0.120. The van der Waals surface area contributed by atoms with E-state index < -0.39 is 5.91 Å². The SMILES string of the molecule is C#CCNC(=O)c1ccc(OC=O)c(-c2c3ccc(=O)cc-3oc3cc(O)ccc23)c1. The van der Waals surface area contributed by atoms with Crippen LogP contribution in [0.4, 0.5) is 0 Å². The summed E-state index contributed by atoms with van der Waals surface area (Å²) in [7, 11) is 0. The number of nitrogens with one attached hydrogen (secondary N) is 1. The summed E-state index contributed by atoms with van der Waals surface area (Å²) in [5.74, 6) is 2.40. The van der Waals surface area contributed by atoms with Gasteiger partial charge in [-0.3, -0.25) is 14.4 Å². The van der Waals surface area contributed by atoms with Crippen molar-refractivity contribution in [1.82, 2.24) is 5.32 Å². The number of hydrogen-bond donors (Lipinski definition) is 2. The summed E-state index contributed by atoms with van der Waals surface area (Å²) in [6.07, 6.45) is 5.21. The van der Waals surface area contributed by atoms with E-state index in [0.29, 0.717) is 33.2 Å². The van der Waals surface area contributed by atoms with Gasteiger partial charge in [0.15, 0.2) is 5.43 Å². The molecule has 1 heterocycles. The summed E-state index contributed by atoms with van der Waals surface area (Å²) in [5.41, 5.74) is 1.91. The molecule has 4 rings (SSSR count). The van der Waals surface area contributed by atoms with Crippen molar-refractivity contribution in [2.75, 3.05) is 6.54 Å². The number of aromatic hydroxyl groups is 1. The Bertz CT molecular complexity index is 1400. The second kappa shape index (κ2) is 8.05. The van der Waals surface area contributed by atoms with Gasteiger partial charge >= 0.3 is 0 Å². The summed E-state index contributed by atoms with van der Waals surface area (Å²) in [6, 6.07) is 13.4. The Labute approximate surface area is 176 Å². The molecular weight excluding hydrogens is 398 g/mol. The van der Waals surface area contributed by atoms with Crippen molar-refractivity contribution in [2.45, 2.75) is 0 Å². The molecule has 2 aromatic carbocycles. The number of phenolic OH excluding ortho intramolecular Hbond substituents is 1. The van der Waals surface area contributed by atoms with Crippen molar-refractivity contribution in [3.05, 3.63) is 70.4 Å². The molecule has 31 heavy (non-hydrogen) atoms. The highest BCUT2D eigenvalue weighted by atomic mass is 16.5. The van der Waals surface area contributed by atoms with Crippen molar-refractivity contribution in [3.63, 3.8) is 0 Å². The van der Waals surface area contributed by atoms with Crippen LogP contribution in [0, 0.1) is 12.3 Å². The molecule has 0 bridgehead atoms. The zero-order chi connectivity index (χ0) is 22.0. The van der Waals surface area contributed by atoms with Gasteiger partial charge in [-0.25, -0.2) is 0 Å². The first-order valence-electron chi connectivity index (χ1n) is 9.18. The summed E-state index contributed by atoms with van der Waals surface area (Å²) in [5, 5.41) is 13.1. The van der Waals surface area contributed by atoms with E-state index in [9.17, 15) is 19.5 Å². The van der Waals surface area contributed by atoms with Gasteiger partial charge in [-0.2, -0.15) is 0 Å². The van der Waals surface area contributed by atoms with Gasteiger partial charge in [0.2, 0.25) is 0 Å². The molecule has 1 aliphatic carbocycles. The van der Waals surface area contributed by atoms with Crippen molar-refractivity contribution >= 4 is 23.3 Å². The van der Waals surface area contributed by atoms with Crippen LogP contribution in [0.3, 0.4) is 0 Å². The minimum atomic E-state index is -0.398. The third kappa shape index (κ3) is 3.70. The maximum atomic E-state index is 12.5. The first-order valence-corrected chi connectivity index (χ1v) is 9.18. The molecule has 0 radical (unpaired) electrons. The normalized spacial score (nSPS) is 10.5. The van der Waals surface area contributed by atoms with E-state index in [2.05, 4.69) is 11.2 Å². The molecule has 1 amide bonds. The molecule has 0 spiro atoms. The number of carbonyl (C=O) groups is 2. The molecule has 2 aromatic rings. The van der Waals surface area contributed by atoms with Gasteiger partial charge in [0.05, 0.1) is 6.54 Å². The summed E-state index contributed by atoms with van der Waals surface area (Å²) < 4.78 is 11.0. The molecule has 1 aliphatic heterocycles. The average Bonchev–Trinajstić information content (AvgIpc) is 2.76. The smallest absolute Gasteiger partial charge is 0.298 e. The van der Waals surface area contributed by atoms with Crippen LogP contribution in [-0.4, -0.2) is 24.0 Å². The Balaban J connectivity index is 2.06.